The van der Waals surface area contributed by atoms with Crippen LogP contribution in [-0.2, 0) is 0 Å². The Morgan fingerprint density at radius 2 is 0.636 bits per heavy atom. The molecule has 0 heterocycles. The van der Waals surface area contributed by atoms with Crippen molar-refractivity contribution >= 4 is 0 Å². The molecule has 2 rings (SSSR count). The summed E-state index contributed by atoms with van der Waals surface area (Å²) in [7, 11) is 0. The number of rotatable bonds is 9. The summed E-state index contributed by atoms with van der Waals surface area (Å²) in [5.41, 5.74) is 12.6. The lowest BCUT2D eigenvalue weighted by Crippen LogP contribution is -2.16. The van der Waals surface area contributed by atoms with Crippen LogP contribution in [0.1, 0.15) is 182 Å². The predicted octanol–water partition coefficient (Wildman–Crippen LogP) is 11.0. The lowest BCUT2D eigenvalue weighted by Gasteiger charge is -2.32. The van der Waals surface area contributed by atoms with Crippen LogP contribution in [0.15, 0.2) is 24.3 Å². The van der Waals surface area contributed by atoms with Crippen LogP contribution < -0.4 is 0 Å². The van der Waals surface area contributed by atoms with Crippen molar-refractivity contribution in [3.8, 4) is 0 Å². The van der Waals surface area contributed by atoms with Crippen molar-refractivity contribution in [1.29, 1.82) is 0 Å². The van der Waals surface area contributed by atoms with Gasteiger partial charge in [-0.05, 0) is 86.4 Å². The fourth-order valence-corrected chi connectivity index (χ4v) is 6.14. The summed E-state index contributed by atoms with van der Waals surface area (Å²) < 4.78 is 0. The van der Waals surface area contributed by atoms with Gasteiger partial charge in [-0.15, -0.1) is 0 Å². The van der Waals surface area contributed by atoms with Gasteiger partial charge in [0.25, 0.3) is 0 Å². The summed E-state index contributed by atoms with van der Waals surface area (Å²) in [6, 6.07) is 9.87. The van der Waals surface area contributed by atoms with Crippen LogP contribution in [0.25, 0.3) is 0 Å². The molecule has 0 saturated heterocycles. The molecule has 33 heavy (non-hydrogen) atoms. The quantitative estimate of drug-likeness (QED) is 0.358. The van der Waals surface area contributed by atoms with Crippen molar-refractivity contribution in [3.05, 3.63) is 68.8 Å². The minimum atomic E-state index is 0.442. The van der Waals surface area contributed by atoms with Gasteiger partial charge in [0.05, 0.1) is 0 Å². The first-order valence-electron chi connectivity index (χ1n) is 13.7. The Labute approximate surface area is 206 Å². The maximum absolute atomic E-state index is 2.49. The smallest absolute Gasteiger partial charge is 0.00925 e. The van der Waals surface area contributed by atoms with Crippen molar-refractivity contribution in [2.24, 2.45) is 0 Å². The van der Waals surface area contributed by atoms with E-state index in [0.29, 0.717) is 41.4 Å². The third-order valence-electron chi connectivity index (χ3n) is 7.42. The summed E-state index contributed by atoms with van der Waals surface area (Å²) in [6.45, 7) is 30.9. The van der Waals surface area contributed by atoms with E-state index in [1.807, 2.05) is 0 Å². The SMILES string of the molecule is CCC(c1ccc(C(C)C)c(C(C)C)c1C(C)C)c1ccc(C(C)C)c(C(C)C)c1C(C)C. The lowest BCUT2D eigenvalue weighted by molar-refractivity contribution is 0.681. The fourth-order valence-electron chi connectivity index (χ4n) is 6.14. The Bertz CT molecular complexity index is 846. The molecule has 0 aliphatic rings. The van der Waals surface area contributed by atoms with Gasteiger partial charge in [-0.1, -0.05) is 114 Å². The summed E-state index contributed by atoms with van der Waals surface area (Å²) in [5, 5.41) is 0. The van der Waals surface area contributed by atoms with E-state index in [0.717, 1.165) is 6.42 Å². The first-order chi connectivity index (χ1) is 15.3. The molecule has 2 aromatic rings. The second-order valence-corrected chi connectivity index (χ2v) is 12.0. The Balaban J connectivity index is 2.94. The maximum Gasteiger partial charge on any atom is 0.00925 e. The highest BCUT2D eigenvalue weighted by Gasteiger charge is 2.28. The largest absolute Gasteiger partial charge is 0.0645 e. The molecule has 0 N–H and O–H groups in total. The zero-order valence-corrected chi connectivity index (χ0v) is 24.1. The highest BCUT2D eigenvalue weighted by Crippen LogP contribution is 2.45. The molecule has 0 amide bonds. The monoisotopic (exact) mass is 448 g/mol. The second kappa shape index (κ2) is 11.2. The second-order valence-electron chi connectivity index (χ2n) is 12.0. The molecule has 0 nitrogen and oxygen atoms in total. The first-order valence-corrected chi connectivity index (χ1v) is 13.7. The van der Waals surface area contributed by atoms with Gasteiger partial charge in [0.1, 0.15) is 0 Å². The van der Waals surface area contributed by atoms with Gasteiger partial charge < -0.3 is 0 Å². The molecule has 0 unspecified atom stereocenters. The normalized spacial score (nSPS) is 12.6. The van der Waals surface area contributed by atoms with Crippen molar-refractivity contribution in [2.45, 2.75) is 138 Å². The molecular weight excluding hydrogens is 396 g/mol. The van der Waals surface area contributed by atoms with E-state index < -0.39 is 0 Å². The van der Waals surface area contributed by atoms with E-state index in [4.69, 9.17) is 0 Å². The van der Waals surface area contributed by atoms with Gasteiger partial charge in [0.2, 0.25) is 0 Å². The van der Waals surface area contributed by atoms with E-state index in [2.05, 4.69) is 114 Å². The van der Waals surface area contributed by atoms with Gasteiger partial charge in [0, 0.05) is 5.92 Å². The molecule has 0 saturated carbocycles. The Hall–Kier alpha value is -1.56. The molecule has 0 aliphatic heterocycles. The van der Waals surface area contributed by atoms with Crippen LogP contribution in [0, 0.1) is 0 Å². The average Bonchev–Trinajstić information content (AvgIpc) is 2.72. The van der Waals surface area contributed by atoms with Crippen LogP contribution in [0.3, 0.4) is 0 Å². The summed E-state index contributed by atoms with van der Waals surface area (Å²) >= 11 is 0. The van der Waals surface area contributed by atoms with Crippen LogP contribution >= 0.6 is 0 Å². The number of hydrogen-bond donors (Lipinski definition) is 0. The molecule has 0 fully saturated rings. The van der Waals surface area contributed by atoms with Crippen LogP contribution in [0.5, 0.6) is 0 Å². The van der Waals surface area contributed by atoms with Gasteiger partial charge in [-0.25, -0.2) is 0 Å². The molecule has 184 valence electrons. The van der Waals surface area contributed by atoms with Gasteiger partial charge >= 0.3 is 0 Å². The van der Waals surface area contributed by atoms with Crippen LogP contribution in [0.2, 0.25) is 0 Å². The molecule has 0 heteroatoms. The molecule has 0 spiro atoms. The highest BCUT2D eigenvalue weighted by atomic mass is 14.3. The van der Waals surface area contributed by atoms with Gasteiger partial charge in [0.15, 0.2) is 0 Å². The topological polar surface area (TPSA) is 0 Å². The minimum Gasteiger partial charge on any atom is -0.0645 e. The number of hydrogen-bond acceptors (Lipinski definition) is 0. The standard InChI is InChI=1S/C33H52/c1-14-25(28-17-15-26(19(2)3)30(21(6)7)32(28)23(10)11)29-18-16-27(20(4)5)31(22(8)9)33(29)24(12)13/h15-25H,14H2,1-13H3. The van der Waals surface area contributed by atoms with Crippen molar-refractivity contribution in [3.63, 3.8) is 0 Å². The molecular formula is C33H52. The zero-order chi connectivity index (χ0) is 25.2. The van der Waals surface area contributed by atoms with Crippen molar-refractivity contribution < 1.29 is 0 Å². The molecule has 0 atom stereocenters. The first kappa shape index (κ1) is 27.7. The molecule has 0 aromatic heterocycles. The van der Waals surface area contributed by atoms with Gasteiger partial charge in [-0.3, -0.25) is 0 Å². The summed E-state index contributed by atoms with van der Waals surface area (Å²) in [4.78, 5) is 0. The van der Waals surface area contributed by atoms with Gasteiger partial charge in [-0.2, -0.15) is 0 Å². The average molecular weight is 449 g/mol. The summed E-state index contributed by atoms with van der Waals surface area (Å²) in [5.74, 6) is 3.67. The Morgan fingerprint density at radius 3 is 0.848 bits per heavy atom. The lowest BCUT2D eigenvalue weighted by atomic mass is 9.72. The molecule has 0 bridgehead atoms. The molecule has 0 aliphatic carbocycles. The molecule has 2 aromatic carbocycles. The van der Waals surface area contributed by atoms with E-state index >= 15 is 0 Å². The third-order valence-corrected chi connectivity index (χ3v) is 7.42. The summed E-state index contributed by atoms with van der Waals surface area (Å²) in [6.07, 6.45) is 1.14. The minimum absolute atomic E-state index is 0.442. The highest BCUT2D eigenvalue weighted by molar-refractivity contribution is 5.54. The molecule has 0 radical (unpaired) electrons. The van der Waals surface area contributed by atoms with E-state index in [9.17, 15) is 0 Å². The van der Waals surface area contributed by atoms with Crippen LogP contribution in [0.4, 0.5) is 0 Å². The fraction of sp³-hybridized carbons (Fsp3) is 0.636. The maximum atomic E-state index is 2.49. The van der Waals surface area contributed by atoms with Crippen molar-refractivity contribution in [1.82, 2.24) is 0 Å². The van der Waals surface area contributed by atoms with Crippen LogP contribution in [-0.4, -0.2) is 0 Å². The van der Waals surface area contributed by atoms with E-state index in [-0.39, 0.29) is 0 Å². The zero-order valence-electron chi connectivity index (χ0n) is 24.1. The van der Waals surface area contributed by atoms with Crippen molar-refractivity contribution in [2.75, 3.05) is 0 Å². The Kier molecular flexibility index (Phi) is 9.43. The van der Waals surface area contributed by atoms with E-state index in [1.165, 1.54) is 11.1 Å². The van der Waals surface area contributed by atoms with E-state index in [1.54, 1.807) is 33.4 Å². The predicted molar refractivity (Wildman–Crippen MR) is 150 cm³/mol. The Morgan fingerprint density at radius 1 is 0.394 bits per heavy atom. The third kappa shape index (κ3) is 5.58. The number of benzene rings is 2.